The number of hydrogen-bond donors (Lipinski definition) is 2. The molecule has 0 aliphatic heterocycles. The van der Waals surface area contributed by atoms with Gasteiger partial charge < -0.3 is 15.3 Å². The molecule has 1 amide bonds. The molecule has 0 fully saturated rings. The first-order chi connectivity index (χ1) is 7.49. The number of carbonyl (C=O) groups excluding carboxylic acids is 1. The molecule has 0 aliphatic rings. The van der Waals surface area contributed by atoms with Crippen molar-refractivity contribution in [1.29, 1.82) is 0 Å². The number of nitrogens with one attached hydrogen (secondary N) is 1. The van der Waals surface area contributed by atoms with Crippen LogP contribution >= 0.6 is 0 Å². The summed E-state index contributed by atoms with van der Waals surface area (Å²) >= 11 is 0. The maximum atomic E-state index is 11.2. The Labute approximate surface area is 96.8 Å². The second kappa shape index (κ2) is 8.10. The third kappa shape index (κ3) is 6.40. The molecule has 0 aromatic carbocycles. The topological polar surface area (TPSA) is 69.6 Å². The number of carbonyl (C=O) groups is 2. The fourth-order valence-corrected chi connectivity index (χ4v) is 1.30. The van der Waals surface area contributed by atoms with Crippen molar-refractivity contribution >= 4 is 11.9 Å². The van der Waals surface area contributed by atoms with Crippen LogP contribution in [0.1, 0.15) is 32.6 Å². The van der Waals surface area contributed by atoms with E-state index in [-0.39, 0.29) is 5.91 Å². The zero-order valence-corrected chi connectivity index (χ0v) is 10.3. The van der Waals surface area contributed by atoms with Crippen molar-refractivity contribution in [3.63, 3.8) is 0 Å². The van der Waals surface area contributed by atoms with E-state index >= 15 is 0 Å². The number of nitrogens with zero attached hydrogens (tertiary/aromatic N) is 1. The average molecular weight is 230 g/mol. The molecule has 0 aromatic rings. The summed E-state index contributed by atoms with van der Waals surface area (Å²) in [5, 5.41) is 11.8. The standard InChI is InChI=1S/C11H22N2O3/c1-4-5-6-9(11(15)16)12-8-7-10(14)13(2)3/h9,12H,4-8H2,1-3H3,(H,15,16). The van der Waals surface area contributed by atoms with Crippen LogP contribution in [0.25, 0.3) is 0 Å². The van der Waals surface area contributed by atoms with Crippen molar-refractivity contribution in [3.8, 4) is 0 Å². The zero-order valence-electron chi connectivity index (χ0n) is 10.3. The number of carboxylic acids is 1. The van der Waals surface area contributed by atoms with E-state index in [0.717, 1.165) is 12.8 Å². The van der Waals surface area contributed by atoms with Crippen LogP contribution in [0, 0.1) is 0 Å². The fourth-order valence-electron chi connectivity index (χ4n) is 1.30. The maximum Gasteiger partial charge on any atom is 0.320 e. The molecule has 0 saturated heterocycles. The number of hydrogen-bond acceptors (Lipinski definition) is 3. The molecule has 0 aromatic heterocycles. The second-order valence-corrected chi connectivity index (χ2v) is 4.03. The highest BCUT2D eigenvalue weighted by Crippen LogP contribution is 2.01. The van der Waals surface area contributed by atoms with E-state index in [4.69, 9.17) is 5.11 Å². The lowest BCUT2D eigenvalue weighted by Gasteiger charge is -2.15. The van der Waals surface area contributed by atoms with E-state index in [1.54, 1.807) is 14.1 Å². The van der Waals surface area contributed by atoms with Gasteiger partial charge in [-0.25, -0.2) is 0 Å². The Morgan fingerprint density at radius 1 is 1.38 bits per heavy atom. The van der Waals surface area contributed by atoms with Gasteiger partial charge >= 0.3 is 5.97 Å². The summed E-state index contributed by atoms with van der Waals surface area (Å²) in [4.78, 5) is 23.6. The molecule has 94 valence electrons. The normalized spacial score (nSPS) is 12.2. The van der Waals surface area contributed by atoms with Crippen LogP contribution in [0.5, 0.6) is 0 Å². The molecule has 0 heterocycles. The van der Waals surface area contributed by atoms with Gasteiger partial charge in [-0.05, 0) is 6.42 Å². The Balaban J connectivity index is 3.84. The lowest BCUT2D eigenvalue weighted by atomic mass is 10.1. The summed E-state index contributed by atoms with van der Waals surface area (Å²) < 4.78 is 0. The van der Waals surface area contributed by atoms with Gasteiger partial charge in [0.25, 0.3) is 0 Å². The van der Waals surface area contributed by atoms with Gasteiger partial charge in [-0.1, -0.05) is 19.8 Å². The lowest BCUT2D eigenvalue weighted by Crippen LogP contribution is -2.38. The minimum Gasteiger partial charge on any atom is -0.480 e. The highest BCUT2D eigenvalue weighted by Gasteiger charge is 2.16. The van der Waals surface area contributed by atoms with E-state index in [2.05, 4.69) is 5.32 Å². The quantitative estimate of drug-likeness (QED) is 0.644. The van der Waals surface area contributed by atoms with Crippen LogP contribution in [0.2, 0.25) is 0 Å². The predicted octanol–water partition coefficient (Wildman–Crippen LogP) is 0.698. The van der Waals surface area contributed by atoms with Crippen molar-refractivity contribution < 1.29 is 14.7 Å². The Hall–Kier alpha value is -1.10. The third-order valence-corrected chi connectivity index (χ3v) is 2.37. The van der Waals surface area contributed by atoms with Gasteiger partial charge in [0.2, 0.25) is 5.91 Å². The van der Waals surface area contributed by atoms with Crippen LogP contribution in [0.15, 0.2) is 0 Å². The number of rotatable bonds is 8. The van der Waals surface area contributed by atoms with Gasteiger partial charge in [0.15, 0.2) is 0 Å². The van der Waals surface area contributed by atoms with Crippen LogP contribution in [0.3, 0.4) is 0 Å². The number of amides is 1. The Bertz CT molecular complexity index is 229. The monoisotopic (exact) mass is 230 g/mol. The SMILES string of the molecule is CCCCC(NCCC(=O)N(C)C)C(=O)O. The molecule has 0 rings (SSSR count). The molecule has 1 atom stereocenters. The molecule has 0 bridgehead atoms. The van der Waals surface area contributed by atoms with Crippen LogP contribution in [-0.2, 0) is 9.59 Å². The van der Waals surface area contributed by atoms with E-state index in [1.807, 2.05) is 6.92 Å². The molecule has 0 radical (unpaired) electrons. The van der Waals surface area contributed by atoms with Crippen LogP contribution in [-0.4, -0.2) is 48.6 Å². The fraction of sp³-hybridized carbons (Fsp3) is 0.818. The van der Waals surface area contributed by atoms with Gasteiger partial charge in [0.1, 0.15) is 6.04 Å². The molecule has 2 N–H and O–H groups in total. The summed E-state index contributed by atoms with van der Waals surface area (Å²) in [6, 6.07) is -0.532. The smallest absolute Gasteiger partial charge is 0.320 e. The maximum absolute atomic E-state index is 11.2. The average Bonchev–Trinajstić information content (AvgIpc) is 2.21. The molecule has 5 heteroatoms. The Kier molecular flexibility index (Phi) is 7.54. The van der Waals surface area contributed by atoms with Gasteiger partial charge in [0.05, 0.1) is 0 Å². The van der Waals surface area contributed by atoms with Crippen molar-refractivity contribution in [1.82, 2.24) is 10.2 Å². The van der Waals surface area contributed by atoms with Crippen molar-refractivity contribution in [2.75, 3.05) is 20.6 Å². The molecule has 0 spiro atoms. The largest absolute Gasteiger partial charge is 0.480 e. The van der Waals surface area contributed by atoms with Crippen molar-refractivity contribution in [3.05, 3.63) is 0 Å². The first-order valence-corrected chi connectivity index (χ1v) is 5.65. The highest BCUT2D eigenvalue weighted by molar-refractivity contribution is 5.76. The van der Waals surface area contributed by atoms with Gasteiger partial charge in [-0.15, -0.1) is 0 Å². The number of unbranched alkanes of at least 4 members (excludes halogenated alkanes) is 1. The Morgan fingerprint density at radius 2 is 2.00 bits per heavy atom. The van der Waals surface area contributed by atoms with Gasteiger partial charge in [-0.3, -0.25) is 9.59 Å². The van der Waals surface area contributed by atoms with Crippen molar-refractivity contribution in [2.24, 2.45) is 0 Å². The summed E-state index contributed by atoms with van der Waals surface area (Å²) in [7, 11) is 3.38. The number of carboxylic acid groups (broad SMARTS) is 1. The number of aliphatic carboxylic acids is 1. The predicted molar refractivity (Wildman–Crippen MR) is 62.3 cm³/mol. The third-order valence-electron chi connectivity index (χ3n) is 2.37. The van der Waals surface area contributed by atoms with Crippen molar-refractivity contribution in [2.45, 2.75) is 38.6 Å². The van der Waals surface area contributed by atoms with E-state index in [1.165, 1.54) is 4.90 Å². The van der Waals surface area contributed by atoms with Crippen LogP contribution < -0.4 is 5.32 Å². The molecular weight excluding hydrogens is 208 g/mol. The summed E-state index contributed by atoms with van der Waals surface area (Å²) in [5.74, 6) is -0.835. The van der Waals surface area contributed by atoms with E-state index in [9.17, 15) is 9.59 Å². The van der Waals surface area contributed by atoms with E-state index in [0.29, 0.717) is 19.4 Å². The minimum atomic E-state index is -0.842. The van der Waals surface area contributed by atoms with Gasteiger partial charge in [0, 0.05) is 27.1 Å². The summed E-state index contributed by atoms with van der Waals surface area (Å²) in [5.41, 5.74) is 0. The zero-order chi connectivity index (χ0) is 12.6. The van der Waals surface area contributed by atoms with Crippen LogP contribution in [0.4, 0.5) is 0 Å². The molecule has 5 nitrogen and oxygen atoms in total. The first kappa shape index (κ1) is 14.9. The van der Waals surface area contributed by atoms with Gasteiger partial charge in [-0.2, -0.15) is 0 Å². The molecule has 0 aliphatic carbocycles. The molecule has 16 heavy (non-hydrogen) atoms. The van der Waals surface area contributed by atoms with E-state index < -0.39 is 12.0 Å². The highest BCUT2D eigenvalue weighted by atomic mass is 16.4. The summed E-state index contributed by atoms with van der Waals surface area (Å²) in [6.45, 7) is 2.44. The molecule has 0 saturated carbocycles. The molecule has 1 unspecified atom stereocenters. The minimum absolute atomic E-state index is 0.00660. The second-order valence-electron chi connectivity index (χ2n) is 4.03. The first-order valence-electron chi connectivity index (χ1n) is 5.65. The lowest BCUT2D eigenvalue weighted by molar-refractivity contribution is -0.140. The molecular formula is C11H22N2O3. The summed E-state index contributed by atoms with van der Waals surface area (Å²) in [6.07, 6.45) is 2.80. The Morgan fingerprint density at radius 3 is 2.44 bits per heavy atom.